The predicted octanol–water partition coefficient (Wildman–Crippen LogP) is 3.57. The van der Waals surface area contributed by atoms with Crippen molar-refractivity contribution in [3.8, 4) is 0 Å². The molecule has 102 valence electrons. The third-order valence-electron chi connectivity index (χ3n) is 2.49. The molecule has 0 bridgehead atoms. The molecule has 0 spiro atoms. The van der Waals surface area contributed by atoms with Crippen LogP contribution in [0.25, 0.3) is 10.1 Å². The van der Waals surface area contributed by atoms with Gasteiger partial charge in [-0.25, -0.2) is 4.79 Å². The Bertz CT molecular complexity index is 631. The largest absolute Gasteiger partial charge is 0.448 e. The highest BCUT2D eigenvalue weighted by Gasteiger charge is 2.06. The van der Waals surface area contributed by atoms with Crippen LogP contribution in [0.5, 0.6) is 0 Å². The zero-order valence-corrected chi connectivity index (χ0v) is 12.5. The van der Waals surface area contributed by atoms with Gasteiger partial charge in [0.05, 0.1) is 11.2 Å². The Morgan fingerprint density at radius 3 is 2.89 bits per heavy atom. The average Bonchev–Trinajstić information content (AvgIpc) is 2.66. The van der Waals surface area contributed by atoms with Crippen molar-refractivity contribution < 1.29 is 9.53 Å². The first-order chi connectivity index (χ1) is 9.08. The number of rotatable bonds is 4. The molecule has 2 aromatic rings. The number of carbonyl (C=O) groups is 1. The van der Waals surface area contributed by atoms with Gasteiger partial charge in [-0.3, -0.25) is 3.96 Å². The van der Waals surface area contributed by atoms with Gasteiger partial charge in [-0.2, -0.15) is 0 Å². The van der Waals surface area contributed by atoms with Crippen molar-refractivity contribution in [2.45, 2.75) is 26.4 Å². The van der Waals surface area contributed by atoms with E-state index < -0.39 is 0 Å². The molecule has 0 atom stereocenters. The quantitative estimate of drug-likeness (QED) is 0.877. The highest BCUT2D eigenvalue weighted by atomic mass is 32.1. The number of carbonyl (C=O) groups excluding carboxylic acids is 1. The van der Waals surface area contributed by atoms with Gasteiger partial charge in [0.15, 0.2) is 0 Å². The van der Waals surface area contributed by atoms with Gasteiger partial charge in [0.1, 0.15) is 11.2 Å². The fourth-order valence-corrected chi connectivity index (χ4v) is 3.10. The van der Waals surface area contributed by atoms with E-state index in [9.17, 15) is 4.79 Å². The van der Waals surface area contributed by atoms with E-state index in [0.717, 1.165) is 14.7 Å². The van der Waals surface area contributed by atoms with Crippen LogP contribution in [-0.4, -0.2) is 22.7 Å². The summed E-state index contributed by atoms with van der Waals surface area (Å²) in [5.74, 6) is 0. The summed E-state index contributed by atoms with van der Waals surface area (Å²) in [6.45, 7) is 4.69. The second kappa shape index (κ2) is 6.16. The van der Waals surface area contributed by atoms with Crippen LogP contribution in [0, 0.1) is 4.64 Å². The summed E-state index contributed by atoms with van der Waals surface area (Å²) in [7, 11) is 0. The maximum absolute atomic E-state index is 11.3. The lowest BCUT2D eigenvalue weighted by Gasteiger charge is -2.09. The molecule has 0 fully saturated rings. The summed E-state index contributed by atoms with van der Waals surface area (Å²) in [5, 5.41) is 3.76. The Labute approximate surface area is 121 Å². The molecule has 1 aromatic carbocycles. The minimum Gasteiger partial charge on any atom is -0.448 e. The number of ether oxygens (including phenoxy) is 1. The van der Waals surface area contributed by atoms with Gasteiger partial charge in [0.25, 0.3) is 0 Å². The van der Waals surface area contributed by atoms with Gasteiger partial charge >= 0.3 is 6.09 Å². The van der Waals surface area contributed by atoms with E-state index in [4.69, 9.17) is 17.0 Å². The van der Waals surface area contributed by atoms with Gasteiger partial charge in [-0.15, -0.1) is 0 Å². The SMILES string of the molecule is CC(C)NC(=O)OCCn1sc2ccccc2c1=S. The first-order valence-electron chi connectivity index (χ1n) is 6.10. The van der Waals surface area contributed by atoms with Crippen molar-refractivity contribution in [2.75, 3.05) is 6.61 Å². The minimum absolute atomic E-state index is 0.0824. The molecule has 0 unspecified atom stereocenters. The normalized spacial score (nSPS) is 10.9. The highest BCUT2D eigenvalue weighted by Crippen LogP contribution is 2.22. The topological polar surface area (TPSA) is 43.3 Å². The van der Waals surface area contributed by atoms with E-state index in [1.807, 2.05) is 42.1 Å². The lowest BCUT2D eigenvalue weighted by Crippen LogP contribution is -2.31. The third kappa shape index (κ3) is 3.54. The number of fused-ring (bicyclic) bond motifs is 1. The minimum atomic E-state index is -0.386. The van der Waals surface area contributed by atoms with E-state index in [1.165, 1.54) is 0 Å². The van der Waals surface area contributed by atoms with E-state index in [1.54, 1.807) is 11.5 Å². The highest BCUT2D eigenvalue weighted by molar-refractivity contribution is 7.71. The maximum atomic E-state index is 11.3. The summed E-state index contributed by atoms with van der Waals surface area (Å²) in [6, 6.07) is 8.10. The number of hydrogen-bond acceptors (Lipinski definition) is 4. The van der Waals surface area contributed by atoms with Crippen LogP contribution in [0.1, 0.15) is 13.8 Å². The predicted molar refractivity (Wildman–Crippen MR) is 80.3 cm³/mol. The second-order valence-corrected chi connectivity index (χ2v) is 5.88. The zero-order valence-electron chi connectivity index (χ0n) is 10.9. The van der Waals surface area contributed by atoms with Crippen LogP contribution in [-0.2, 0) is 11.3 Å². The van der Waals surface area contributed by atoms with Crippen molar-refractivity contribution >= 4 is 39.9 Å². The van der Waals surface area contributed by atoms with E-state index >= 15 is 0 Å². The number of nitrogens with zero attached hydrogens (tertiary/aromatic N) is 1. The summed E-state index contributed by atoms with van der Waals surface area (Å²) in [5.41, 5.74) is 0. The smallest absolute Gasteiger partial charge is 0.407 e. The van der Waals surface area contributed by atoms with Crippen LogP contribution in [0.15, 0.2) is 24.3 Å². The lowest BCUT2D eigenvalue weighted by molar-refractivity contribution is 0.140. The molecule has 0 aliphatic rings. The van der Waals surface area contributed by atoms with Gasteiger partial charge in [0.2, 0.25) is 0 Å². The van der Waals surface area contributed by atoms with Crippen LogP contribution in [0.4, 0.5) is 4.79 Å². The van der Waals surface area contributed by atoms with Gasteiger partial charge in [0, 0.05) is 11.4 Å². The molecule has 1 heterocycles. The fourth-order valence-electron chi connectivity index (χ4n) is 1.66. The summed E-state index contributed by atoms with van der Waals surface area (Å²) in [6.07, 6.45) is -0.386. The number of benzene rings is 1. The second-order valence-electron chi connectivity index (χ2n) is 4.43. The molecule has 0 saturated carbocycles. The molecular formula is C13H16N2O2S2. The fraction of sp³-hybridized carbons (Fsp3) is 0.385. The van der Waals surface area contributed by atoms with E-state index in [0.29, 0.717) is 13.2 Å². The molecule has 0 aliphatic heterocycles. The molecule has 0 saturated heterocycles. The Balaban J connectivity index is 1.97. The molecule has 0 aliphatic carbocycles. The number of hydrogen-bond donors (Lipinski definition) is 1. The third-order valence-corrected chi connectivity index (χ3v) is 4.18. The molecule has 1 N–H and O–H groups in total. The standard InChI is InChI=1S/C13H16N2O2S2/c1-9(2)14-13(16)17-8-7-15-12(18)10-5-3-4-6-11(10)19-15/h3-6,9H,7-8H2,1-2H3,(H,14,16). The average molecular weight is 296 g/mol. The number of aromatic nitrogens is 1. The molecule has 19 heavy (non-hydrogen) atoms. The molecule has 1 amide bonds. The summed E-state index contributed by atoms with van der Waals surface area (Å²) >= 11 is 6.98. The van der Waals surface area contributed by atoms with Crippen LogP contribution >= 0.6 is 23.8 Å². The summed E-state index contributed by atoms with van der Waals surface area (Å²) in [4.78, 5) is 11.3. The molecule has 2 rings (SSSR count). The number of nitrogens with one attached hydrogen (secondary N) is 1. The van der Waals surface area contributed by atoms with Crippen molar-refractivity contribution in [3.05, 3.63) is 28.9 Å². The summed E-state index contributed by atoms with van der Waals surface area (Å²) < 4.78 is 9.02. The molecular weight excluding hydrogens is 280 g/mol. The number of amides is 1. The Hall–Kier alpha value is -1.40. The van der Waals surface area contributed by atoms with E-state index in [-0.39, 0.29) is 12.1 Å². The first-order valence-corrected chi connectivity index (χ1v) is 7.28. The molecule has 4 nitrogen and oxygen atoms in total. The Kier molecular flexibility index (Phi) is 4.55. The van der Waals surface area contributed by atoms with Gasteiger partial charge in [-0.1, -0.05) is 41.9 Å². The van der Waals surface area contributed by atoms with Crippen molar-refractivity contribution in [1.29, 1.82) is 0 Å². The Morgan fingerprint density at radius 2 is 2.21 bits per heavy atom. The van der Waals surface area contributed by atoms with Crippen LogP contribution < -0.4 is 5.32 Å². The molecule has 1 aromatic heterocycles. The lowest BCUT2D eigenvalue weighted by atomic mass is 10.3. The first kappa shape index (κ1) is 14.0. The molecule has 0 radical (unpaired) electrons. The number of alkyl carbamates (subject to hydrolysis) is 1. The van der Waals surface area contributed by atoms with Crippen molar-refractivity contribution in [1.82, 2.24) is 9.27 Å². The van der Waals surface area contributed by atoms with Crippen LogP contribution in [0.2, 0.25) is 0 Å². The van der Waals surface area contributed by atoms with E-state index in [2.05, 4.69) is 5.32 Å². The van der Waals surface area contributed by atoms with Gasteiger partial charge < -0.3 is 10.1 Å². The monoisotopic (exact) mass is 296 g/mol. The van der Waals surface area contributed by atoms with Crippen molar-refractivity contribution in [2.24, 2.45) is 0 Å². The van der Waals surface area contributed by atoms with Gasteiger partial charge in [-0.05, 0) is 19.9 Å². The molecule has 6 heteroatoms. The van der Waals surface area contributed by atoms with Crippen LogP contribution in [0.3, 0.4) is 0 Å². The zero-order chi connectivity index (χ0) is 13.8. The maximum Gasteiger partial charge on any atom is 0.407 e. The van der Waals surface area contributed by atoms with Crippen molar-refractivity contribution in [3.63, 3.8) is 0 Å². The Morgan fingerprint density at radius 1 is 1.47 bits per heavy atom.